The second-order valence-electron chi connectivity index (χ2n) is 5.00. The molecule has 0 spiro atoms. The van der Waals surface area contributed by atoms with Crippen molar-refractivity contribution in [3.8, 4) is 11.5 Å². The number of nitrogens with one attached hydrogen (secondary N) is 2. The molecular weight excluding hydrogens is 402 g/mol. The van der Waals surface area contributed by atoms with E-state index in [0.717, 1.165) is 6.07 Å². The van der Waals surface area contributed by atoms with Crippen molar-refractivity contribution in [1.82, 2.24) is 19.9 Å². The van der Waals surface area contributed by atoms with Crippen molar-refractivity contribution in [2.45, 2.75) is 38.2 Å². The predicted octanol–water partition coefficient (Wildman–Crippen LogP) is 4.31. The minimum absolute atomic E-state index is 0.364. The van der Waals surface area contributed by atoms with Crippen molar-refractivity contribution in [3.05, 3.63) is 23.3 Å². The summed E-state index contributed by atoms with van der Waals surface area (Å²) in [4.78, 5) is 14.3. The maximum Gasteiger partial charge on any atom is 0.408 e. The van der Waals surface area contributed by atoms with Gasteiger partial charge < -0.3 is 10.6 Å². The molecule has 6 nitrogen and oxygen atoms in total. The Morgan fingerprint density at radius 3 is 1.85 bits per heavy atom. The molecule has 2 atom stereocenters. The number of halogens is 7. The van der Waals surface area contributed by atoms with Gasteiger partial charge in [0.25, 0.3) is 0 Å². The highest BCUT2D eigenvalue weighted by Gasteiger charge is 2.38. The Morgan fingerprint density at radius 2 is 1.44 bits per heavy atom. The lowest BCUT2D eigenvalue weighted by Gasteiger charge is -2.20. The standard InChI is InChI=1S/C14H13ClF6N6/c1-6(13(16,17)18)22-11-25-10(8-4-3-5-9(15)24-8)26-12(27-11)23-7(2)14(19,20)21/h3-7H,1-2H3,(H2,22,23,25,26,27)/t6-,7-/m1/s1/i3D,5D,6D,7D. The van der Waals surface area contributed by atoms with Gasteiger partial charge in [0.2, 0.25) is 11.9 Å². The minimum Gasteiger partial charge on any atom is -0.343 e. The first-order valence-corrected chi connectivity index (χ1v) is 7.32. The summed E-state index contributed by atoms with van der Waals surface area (Å²) < 4.78 is 108. The Morgan fingerprint density at radius 1 is 0.963 bits per heavy atom. The Kier molecular flexibility index (Phi) is 4.47. The SMILES string of the molecule is [2H]c1cc(-c2nc(N[C@]([2H])(C)C(F)(F)F)nc(N[C@]([2H])(C)C(F)(F)F)n2)nc(Cl)c1[2H]. The van der Waals surface area contributed by atoms with Gasteiger partial charge in [-0.25, -0.2) is 4.98 Å². The average Bonchev–Trinajstić information content (AvgIpc) is 2.56. The van der Waals surface area contributed by atoms with Crippen molar-refractivity contribution in [1.29, 1.82) is 0 Å². The van der Waals surface area contributed by atoms with Crippen molar-refractivity contribution in [2.75, 3.05) is 10.6 Å². The van der Waals surface area contributed by atoms with E-state index in [-0.39, 0.29) is 5.69 Å². The third kappa shape index (κ3) is 5.81. The zero-order chi connectivity index (χ0) is 24.0. The molecule has 0 aliphatic heterocycles. The van der Waals surface area contributed by atoms with Crippen LogP contribution in [0.5, 0.6) is 0 Å². The Labute approximate surface area is 160 Å². The molecule has 0 saturated heterocycles. The van der Waals surface area contributed by atoms with Crippen molar-refractivity contribution >= 4 is 23.5 Å². The van der Waals surface area contributed by atoms with Gasteiger partial charge in [-0.15, -0.1) is 0 Å². The lowest BCUT2D eigenvalue weighted by molar-refractivity contribution is -0.139. The molecular formula is C14H13ClF6N6. The summed E-state index contributed by atoms with van der Waals surface area (Å²) in [5, 5.41) is 2.76. The molecule has 0 aromatic carbocycles. The molecule has 2 rings (SSSR count). The molecule has 0 radical (unpaired) electrons. The topological polar surface area (TPSA) is 75.6 Å². The Balaban J connectivity index is 2.63. The van der Waals surface area contributed by atoms with Gasteiger partial charge in [-0.3, -0.25) is 0 Å². The normalized spacial score (nSPS) is 19.0. The molecule has 2 aromatic rings. The van der Waals surface area contributed by atoms with E-state index < -0.39 is 59.3 Å². The number of hydrogen-bond donors (Lipinski definition) is 2. The molecule has 13 heteroatoms. The van der Waals surface area contributed by atoms with Gasteiger partial charge in [0.05, 0.1) is 5.48 Å². The van der Waals surface area contributed by atoms with Crippen LogP contribution >= 0.6 is 11.6 Å². The van der Waals surface area contributed by atoms with Crippen LogP contribution in [0.3, 0.4) is 0 Å². The second-order valence-corrected chi connectivity index (χ2v) is 5.36. The highest BCUT2D eigenvalue weighted by atomic mass is 35.5. The van der Waals surface area contributed by atoms with Gasteiger partial charge in [-0.1, -0.05) is 17.6 Å². The number of hydrogen-bond acceptors (Lipinski definition) is 6. The zero-order valence-corrected chi connectivity index (χ0v) is 14.3. The molecule has 0 fully saturated rings. The van der Waals surface area contributed by atoms with E-state index in [1.807, 2.05) is 0 Å². The number of rotatable bonds is 5. The van der Waals surface area contributed by atoms with Crippen LogP contribution < -0.4 is 10.6 Å². The molecule has 27 heavy (non-hydrogen) atoms. The summed E-state index contributed by atoms with van der Waals surface area (Å²) in [5.74, 6) is -2.54. The molecule has 0 bridgehead atoms. The van der Waals surface area contributed by atoms with E-state index in [9.17, 15) is 26.3 Å². The maximum atomic E-state index is 13.0. The van der Waals surface area contributed by atoms with Gasteiger partial charge >= 0.3 is 12.4 Å². The first-order valence-electron chi connectivity index (χ1n) is 8.94. The van der Waals surface area contributed by atoms with Crippen LogP contribution in [-0.2, 0) is 0 Å². The largest absolute Gasteiger partial charge is 0.408 e. The average molecular weight is 419 g/mol. The van der Waals surface area contributed by atoms with Gasteiger partial charge in [-0.05, 0) is 26.0 Å². The van der Waals surface area contributed by atoms with Gasteiger partial charge in [0.1, 0.15) is 22.9 Å². The third-order valence-electron chi connectivity index (χ3n) is 2.92. The van der Waals surface area contributed by atoms with E-state index in [0.29, 0.717) is 13.8 Å². The predicted molar refractivity (Wildman–Crippen MR) is 86.3 cm³/mol. The summed E-state index contributed by atoms with van der Waals surface area (Å²) >= 11 is 5.70. The van der Waals surface area contributed by atoms with Crippen molar-refractivity contribution in [3.63, 3.8) is 0 Å². The zero-order valence-electron chi connectivity index (χ0n) is 17.5. The fourth-order valence-electron chi connectivity index (χ4n) is 1.52. The van der Waals surface area contributed by atoms with Crippen LogP contribution in [0.25, 0.3) is 11.5 Å². The van der Waals surface area contributed by atoms with E-state index in [1.54, 1.807) is 10.6 Å². The van der Waals surface area contributed by atoms with Gasteiger partial charge in [0.15, 0.2) is 5.82 Å². The van der Waals surface area contributed by atoms with Crippen molar-refractivity contribution < 1.29 is 31.8 Å². The number of anilines is 2. The number of aromatic nitrogens is 4. The van der Waals surface area contributed by atoms with Gasteiger partial charge in [0, 0.05) is 0 Å². The fourth-order valence-corrected chi connectivity index (χ4v) is 1.67. The van der Waals surface area contributed by atoms with E-state index in [2.05, 4.69) is 19.9 Å². The lowest BCUT2D eigenvalue weighted by Crippen LogP contribution is -2.35. The van der Waals surface area contributed by atoms with Crippen LogP contribution in [0.2, 0.25) is 5.15 Å². The lowest BCUT2D eigenvalue weighted by atomic mass is 10.3. The van der Waals surface area contributed by atoms with E-state index in [4.69, 9.17) is 17.1 Å². The molecule has 0 aliphatic carbocycles. The summed E-state index contributed by atoms with van der Waals surface area (Å²) in [7, 11) is 0. The molecule has 0 saturated carbocycles. The van der Waals surface area contributed by atoms with Crippen LogP contribution in [0.1, 0.15) is 19.3 Å². The molecule has 2 aromatic heterocycles. The minimum atomic E-state index is -5.12. The smallest absolute Gasteiger partial charge is 0.343 e. The summed E-state index contributed by atoms with van der Waals surface area (Å²) in [5.41, 5.74) is -0.364. The van der Waals surface area contributed by atoms with Crippen LogP contribution in [-0.4, -0.2) is 44.3 Å². The molecule has 0 aliphatic rings. The quantitative estimate of drug-likeness (QED) is 0.556. The third-order valence-corrected chi connectivity index (χ3v) is 3.10. The summed E-state index contributed by atoms with van der Waals surface area (Å²) in [6.07, 6.45) is -10.2. The number of alkyl halides is 6. The fraction of sp³-hybridized carbons (Fsp3) is 0.429. The Bertz CT molecular complexity index is 915. The molecule has 0 unspecified atom stereocenters. The monoisotopic (exact) mass is 418 g/mol. The highest BCUT2D eigenvalue weighted by Crippen LogP contribution is 2.26. The first kappa shape index (κ1) is 15.7. The first-order chi connectivity index (χ1) is 13.8. The maximum absolute atomic E-state index is 13.0. The van der Waals surface area contributed by atoms with Crippen LogP contribution in [0.15, 0.2) is 18.2 Å². The number of nitrogens with zero attached hydrogens (tertiary/aromatic N) is 4. The van der Waals surface area contributed by atoms with Gasteiger partial charge in [-0.2, -0.15) is 41.3 Å². The summed E-state index contributed by atoms with van der Waals surface area (Å²) in [6, 6.07) is -6.73. The molecule has 148 valence electrons. The molecule has 2 N–H and O–H groups in total. The number of pyridine rings is 1. The molecule has 0 amide bonds. The highest BCUT2D eigenvalue weighted by molar-refractivity contribution is 6.29. The van der Waals surface area contributed by atoms with Crippen molar-refractivity contribution in [2.24, 2.45) is 0 Å². The second kappa shape index (κ2) is 7.71. The molecule has 2 heterocycles. The van der Waals surface area contributed by atoms with Crippen LogP contribution in [0, 0.1) is 0 Å². The van der Waals surface area contributed by atoms with E-state index >= 15 is 0 Å². The summed E-state index contributed by atoms with van der Waals surface area (Å²) in [6.45, 7) is 0.833. The van der Waals surface area contributed by atoms with Crippen LogP contribution in [0.4, 0.5) is 38.2 Å². The Hall–Kier alpha value is -2.37. The van der Waals surface area contributed by atoms with E-state index in [1.165, 1.54) is 0 Å².